The minimum absolute atomic E-state index is 0.151. The summed E-state index contributed by atoms with van der Waals surface area (Å²) in [7, 11) is -3.86. The molecule has 3 rings (SSSR count). The monoisotopic (exact) mass is 432 g/mol. The number of nitrogens with zero attached hydrogens (tertiary/aromatic N) is 2. The fourth-order valence-corrected chi connectivity index (χ4v) is 5.36. The molecule has 0 aromatic heterocycles. The summed E-state index contributed by atoms with van der Waals surface area (Å²) in [5, 5.41) is 0. The lowest BCUT2D eigenvalue weighted by Gasteiger charge is -2.33. The molecular weight excluding hydrogens is 404 g/mol. The number of likely N-dealkylation sites (tertiary alicyclic amines) is 1. The second-order valence-electron chi connectivity index (χ2n) is 7.61. The van der Waals surface area contributed by atoms with Gasteiger partial charge in [-0.15, -0.1) is 11.8 Å². The van der Waals surface area contributed by atoms with Gasteiger partial charge in [0.05, 0.1) is 10.6 Å². The molecule has 0 radical (unpaired) electrons. The molecule has 5 nitrogen and oxygen atoms in total. The first-order valence-electron chi connectivity index (χ1n) is 9.82. The van der Waals surface area contributed by atoms with Crippen molar-refractivity contribution in [2.45, 2.75) is 36.5 Å². The van der Waals surface area contributed by atoms with Gasteiger partial charge >= 0.3 is 0 Å². The zero-order valence-electron chi connectivity index (χ0n) is 17.2. The van der Waals surface area contributed by atoms with Gasteiger partial charge in [0.25, 0.3) is 10.0 Å². The van der Waals surface area contributed by atoms with Crippen LogP contribution in [0.3, 0.4) is 0 Å². The van der Waals surface area contributed by atoms with E-state index >= 15 is 0 Å². The van der Waals surface area contributed by atoms with E-state index in [0.29, 0.717) is 24.7 Å². The average molecular weight is 433 g/mol. The molecule has 29 heavy (non-hydrogen) atoms. The molecule has 1 fully saturated rings. The Hall–Kier alpha value is -1.99. The summed E-state index contributed by atoms with van der Waals surface area (Å²) in [4.78, 5) is 16.0. The number of hydrogen-bond acceptors (Lipinski definition) is 4. The van der Waals surface area contributed by atoms with Crippen molar-refractivity contribution < 1.29 is 13.2 Å². The van der Waals surface area contributed by atoms with Crippen LogP contribution < -0.4 is 4.31 Å². The molecule has 1 unspecified atom stereocenters. The Morgan fingerprint density at radius 3 is 2.38 bits per heavy atom. The lowest BCUT2D eigenvalue weighted by molar-refractivity contribution is -0.131. The third-order valence-electron chi connectivity index (χ3n) is 5.26. The van der Waals surface area contributed by atoms with Crippen molar-refractivity contribution >= 4 is 33.4 Å². The Morgan fingerprint density at radius 2 is 1.79 bits per heavy atom. The summed E-state index contributed by atoms with van der Waals surface area (Å²) in [5.74, 6) is 0.289. The van der Waals surface area contributed by atoms with Crippen molar-refractivity contribution in [3.8, 4) is 0 Å². The van der Waals surface area contributed by atoms with Crippen LogP contribution >= 0.6 is 11.8 Å². The van der Waals surface area contributed by atoms with E-state index in [-0.39, 0.29) is 17.3 Å². The minimum Gasteiger partial charge on any atom is -0.341 e. The van der Waals surface area contributed by atoms with Crippen LogP contribution in [0.1, 0.15) is 25.3 Å². The number of anilines is 1. The Bertz CT molecular complexity index is 941. The van der Waals surface area contributed by atoms with Gasteiger partial charge in [0.1, 0.15) is 6.54 Å². The van der Waals surface area contributed by atoms with Crippen LogP contribution in [0.25, 0.3) is 0 Å². The molecule has 0 spiro atoms. The van der Waals surface area contributed by atoms with Crippen LogP contribution in [0.15, 0.2) is 58.3 Å². The van der Waals surface area contributed by atoms with Gasteiger partial charge in [-0.3, -0.25) is 9.10 Å². The minimum atomic E-state index is -3.86. The standard InChI is InChI=1S/C22H28N2O3S2/c1-17-6-8-19(9-7-17)24(16-22(25)23-14-4-5-18(2)15-23)29(26,27)21-12-10-20(28-3)11-13-21/h6-13,18H,4-5,14-16H2,1-3H3. The van der Waals surface area contributed by atoms with Crippen molar-refractivity contribution in [2.75, 3.05) is 30.2 Å². The summed E-state index contributed by atoms with van der Waals surface area (Å²) in [6, 6.07) is 14.0. The Kier molecular flexibility index (Phi) is 6.90. The normalized spacial score (nSPS) is 17.2. The van der Waals surface area contributed by atoms with E-state index in [1.807, 2.05) is 25.3 Å². The van der Waals surface area contributed by atoms with Crippen LogP contribution in [-0.4, -0.2) is 45.1 Å². The van der Waals surface area contributed by atoms with E-state index in [1.165, 1.54) is 4.31 Å². The lowest BCUT2D eigenvalue weighted by Crippen LogP contribution is -2.46. The Morgan fingerprint density at radius 1 is 1.14 bits per heavy atom. The van der Waals surface area contributed by atoms with E-state index in [4.69, 9.17) is 0 Å². The van der Waals surface area contributed by atoms with Crippen molar-refractivity contribution in [1.29, 1.82) is 0 Å². The Balaban J connectivity index is 1.93. The van der Waals surface area contributed by atoms with E-state index in [9.17, 15) is 13.2 Å². The third kappa shape index (κ3) is 5.14. The number of sulfonamides is 1. The average Bonchev–Trinajstić information content (AvgIpc) is 2.72. The highest BCUT2D eigenvalue weighted by Crippen LogP contribution is 2.26. The van der Waals surface area contributed by atoms with E-state index in [2.05, 4.69) is 6.92 Å². The first-order chi connectivity index (χ1) is 13.8. The molecule has 1 aliphatic rings. The molecular formula is C22H28N2O3S2. The maximum Gasteiger partial charge on any atom is 0.264 e. The molecule has 1 amide bonds. The van der Waals surface area contributed by atoms with E-state index in [1.54, 1.807) is 53.1 Å². The SMILES string of the molecule is CSc1ccc(S(=O)(=O)N(CC(=O)N2CCCC(C)C2)c2ccc(C)cc2)cc1. The quantitative estimate of drug-likeness (QED) is 0.643. The number of thioether (sulfide) groups is 1. The van der Waals surface area contributed by atoms with Crippen molar-refractivity contribution in [3.63, 3.8) is 0 Å². The van der Waals surface area contributed by atoms with Gasteiger partial charge in [-0.2, -0.15) is 0 Å². The number of rotatable bonds is 6. The van der Waals surface area contributed by atoms with Gasteiger partial charge in [0.2, 0.25) is 5.91 Å². The smallest absolute Gasteiger partial charge is 0.264 e. The van der Waals surface area contributed by atoms with Crippen LogP contribution in [0.2, 0.25) is 0 Å². The summed E-state index contributed by atoms with van der Waals surface area (Å²) >= 11 is 1.55. The van der Waals surface area contributed by atoms with E-state index in [0.717, 1.165) is 23.3 Å². The summed E-state index contributed by atoms with van der Waals surface area (Å²) in [6.07, 6.45) is 4.01. The molecule has 2 aromatic rings. The molecule has 156 valence electrons. The van der Waals surface area contributed by atoms with Crippen molar-refractivity contribution in [3.05, 3.63) is 54.1 Å². The van der Waals surface area contributed by atoms with Gasteiger partial charge in [0.15, 0.2) is 0 Å². The predicted octanol–water partition coefficient (Wildman–Crippen LogP) is 4.17. The van der Waals surface area contributed by atoms with Gasteiger partial charge in [-0.1, -0.05) is 24.6 Å². The van der Waals surface area contributed by atoms with Gasteiger partial charge in [-0.25, -0.2) is 8.42 Å². The van der Waals surface area contributed by atoms with Gasteiger partial charge in [-0.05, 0) is 68.3 Å². The number of carbonyl (C=O) groups excluding carboxylic acids is 1. The van der Waals surface area contributed by atoms with Crippen LogP contribution in [-0.2, 0) is 14.8 Å². The molecule has 0 saturated carbocycles. The number of aryl methyl sites for hydroxylation is 1. The molecule has 1 saturated heterocycles. The molecule has 7 heteroatoms. The Labute approximate surface area is 178 Å². The maximum absolute atomic E-state index is 13.4. The summed E-state index contributed by atoms with van der Waals surface area (Å²) in [5.41, 5.74) is 1.54. The number of benzene rings is 2. The molecule has 1 aliphatic heterocycles. The fourth-order valence-electron chi connectivity index (χ4n) is 3.54. The molecule has 0 bridgehead atoms. The lowest BCUT2D eigenvalue weighted by atomic mass is 10.0. The van der Waals surface area contributed by atoms with E-state index < -0.39 is 10.0 Å². The van der Waals surface area contributed by atoms with Crippen molar-refractivity contribution in [1.82, 2.24) is 4.90 Å². The molecule has 2 aromatic carbocycles. The highest BCUT2D eigenvalue weighted by atomic mass is 32.2. The number of carbonyl (C=O) groups is 1. The zero-order chi connectivity index (χ0) is 21.0. The van der Waals surface area contributed by atoms with Crippen LogP contribution in [0.5, 0.6) is 0 Å². The number of hydrogen-bond donors (Lipinski definition) is 0. The van der Waals surface area contributed by atoms with Crippen LogP contribution in [0.4, 0.5) is 5.69 Å². The third-order valence-corrected chi connectivity index (χ3v) is 7.79. The first-order valence-corrected chi connectivity index (χ1v) is 12.5. The summed E-state index contributed by atoms with van der Waals surface area (Å²) < 4.78 is 28.1. The number of piperidine rings is 1. The van der Waals surface area contributed by atoms with Crippen LogP contribution in [0, 0.1) is 12.8 Å². The van der Waals surface area contributed by atoms with Crippen molar-refractivity contribution in [2.24, 2.45) is 5.92 Å². The summed E-state index contributed by atoms with van der Waals surface area (Å²) in [6.45, 7) is 5.25. The molecule has 0 N–H and O–H groups in total. The first kappa shape index (κ1) is 21.7. The predicted molar refractivity (Wildman–Crippen MR) is 119 cm³/mol. The van der Waals surface area contributed by atoms with Gasteiger partial charge < -0.3 is 4.90 Å². The molecule has 0 aliphatic carbocycles. The number of amides is 1. The second-order valence-corrected chi connectivity index (χ2v) is 10.4. The topological polar surface area (TPSA) is 57.7 Å². The highest BCUT2D eigenvalue weighted by molar-refractivity contribution is 7.98. The molecule has 1 atom stereocenters. The zero-order valence-corrected chi connectivity index (χ0v) is 18.8. The molecule has 1 heterocycles. The van der Waals surface area contributed by atoms with Gasteiger partial charge in [0, 0.05) is 18.0 Å². The largest absolute Gasteiger partial charge is 0.341 e. The maximum atomic E-state index is 13.4. The highest BCUT2D eigenvalue weighted by Gasteiger charge is 2.30. The fraction of sp³-hybridized carbons (Fsp3) is 0.409. The second kappa shape index (κ2) is 9.22.